The van der Waals surface area contributed by atoms with Crippen LogP contribution in [0.4, 0.5) is 0 Å². The molecule has 2 fully saturated rings. The highest BCUT2D eigenvalue weighted by atomic mass is 35.5. The highest BCUT2D eigenvalue weighted by Crippen LogP contribution is 2.32. The number of halogens is 4. The smallest absolute Gasteiger partial charge is 0.244 e. The maximum Gasteiger partial charge on any atom is 0.244 e. The Labute approximate surface area is 461 Å². The Morgan fingerprint density at radius 2 is 0.974 bits per heavy atom. The van der Waals surface area contributed by atoms with Gasteiger partial charge in [-0.3, -0.25) is 19.2 Å². The van der Waals surface area contributed by atoms with Crippen molar-refractivity contribution in [3.63, 3.8) is 0 Å². The highest BCUT2D eigenvalue weighted by molar-refractivity contribution is 6.32. The lowest BCUT2D eigenvalue weighted by Crippen LogP contribution is -2.44. The van der Waals surface area contributed by atoms with Crippen LogP contribution in [0.15, 0.2) is 110 Å². The molecule has 394 valence electrons. The fraction of sp³-hybridized carbons (Fsp3) is 0.245. The Balaban J connectivity index is 0.000000188. The SMILES string of the molecule is Cc1ccc(-c2nc([C@H](CC(=O)N3CCC3)NC(=O)/C=C/c3cc(Cl)ccc3-n3cnnn3)[nH]c2Cl)cc1.Cc1ccc(-c2nc([C@H](CC(=O)N3CCCC3)NC(=O)/C=C/c3cc(Cl)ccc3-n3cnnn3)[nH]c2Cl)cc1. The first kappa shape index (κ1) is 53.8. The summed E-state index contributed by atoms with van der Waals surface area (Å²) in [5, 5.41) is 29.9. The zero-order chi connectivity index (χ0) is 54.0. The van der Waals surface area contributed by atoms with E-state index in [2.05, 4.69) is 61.6 Å². The Kier molecular flexibility index (Phi) is 17.3. The van der Waals surface area contributed by atoms with Crippen LogP contribution in [0, 0.1) is 13.8 Å². The predicted molar refractivity (Wildman–Crippen MR) is 292 cm³/mol. The van der Waals surface area contributed by atoms with Gasteiger partial charge in [-0.25, -0.2) is 9.97 Å². The van der Waals surface area contributed by atoms with Gasteiger partial charge >= 0.3 is 0 Å². The van der Waals surface area contributed by atoms with Gasteiger partial charge in [0.15, 0.2) is 0 Å². The largest absolute Gasteiger partial charge is 0.343 e. The second-order valence-corrected chi connectivity index (χ2v) is 19.9. The molecule has 0 bridgehead atoms. The van der Waals surface area contributed by atoms with Crippen molar-refractivity contribution in [3.8, 4) is 33.9 Å². The molecule has 4 N–H and O–H groups in total. The van der Waals surface area contributed by atoms with Crippen molar-refractivity contribution >= 4 is 82.2 Å². The number of likely N-dealkylation sites (tertiary alicyclic amines) is 2. The van der Waals surface area contributed by atoms with E-state index >= 15 is 0 Å². The minimum atomic E-state index is -0.717. The number of hydrogen-bond donors (Lipinski definition) is 4. The van der Waals surface area contributed by atoms with Gasteiger partial charge in [-0.1, -0.05) is 106 Å². The summed E-state index contributed by atoms with van der Waals surface area (Å²) in [6.45, 7) is 6.84. The minimum Gasteiger partial charge on any atom is -0.343 e. The van der Waals surface area contributed by atoms with Crippen LogP contribution < -0.4 is 10.6 Å². The van der Waals surface area contributed by atoms with Gasteiger partial charge in [0, 0.05) is 70.6 Å². The first-order chi connectivity index (χ1) is 37.2. The third-order valence-corrected chi connectivity index (χ3v) is 13.7. The summed E-state index contributed by atoms with van der Waals surface area (Å²) in [5.74, 6) is -0.146. The summed E-state index contributed by atoms with van der Waals surface area (Å²) in [6, 6.07) is 24.5. The van der Waals surface area contributed by atoms with Crippen molar-refractivity contribution in [2.45, 2.75) is 58.0 Å². The molecule has 77 heavy (non-hydrogen) atoms. The molecule has 0 aliphatic carbocycles. The third kappa shape index (κ3) is 13.7. The molecule has 0 spiro atoms. The number of H-pyrrole nitrogens is 2. The summed E-state index contributed by atoms with van der Waals surface area (Å²) >= 11 is 25.4. The molecule has 4 aromatic carbocycles. The molecule has 8 aromatic rings. The summed E-state index contributed by atoms with van der Waals surface area (Å²) in [5.41, 5.74) is 7.56. The number of nitrogens with one attached hydrogen (secondary N) is 4. The van der Waals surface area contributed by atoms with E-state index in [-0.39, 0.29) is 24.7 Å². The molecule has 0 saturated carbocycles. The van der Waals surface area contributed by atoms with Gasteiger partial charge in [0.25, 0.3) is 0 Å². The van der Waals surface area contributed by atoms with Crippen molar-refractivity contribution in [2.75, 3.05) is 26.2 Å². The van der Waals surface area contributed by atoms with E-state index in [0.29, 0.717) is 92.1 Å². The van der Waals surface area contributed by atoms with Crippen molar-refractivity contribution in [1.82, 2.24) is 80.8 Å². The molecule has 0 unspecified atom stereocenters. The van der Waals surface area contributed by atoms with Crippen LogP contribution >= 0.6 is 46.4 Å². The van der Waals surface area contributed by atoms with Gasteiger partial charge in [-0.15, -0.1) is 10.2 Å². The van der Waals surface area contributed by atoms with Gasteiger partial charge in [0.1, 0.15) is 46.0 Å². The second-order valence-electron chi connectivity index (χ2n) is 18.2. The molecule has 4 aromatic heterocycles. The molecular formula is C53H50Cl4N16O4. The summed E-state index contributed by atoms with van der Waals surface area (Å²) in [4.78, 5) is 71.1. The van der Waals surface area contributed by atoms with E-state index in [1.807, 2.05) is 67.3 Å². The fourth-order valence-corrected chi connectivity index (χ4v) is 9.35. The molecule has 2 saturated heterocycles. The number of hydrogen-bond acceptors (Lipinski definition) is 12. The van der Waals surface area contributed by atoms with Crippen molar-refractivity contribution < 1.29 is 19.2 Å². The third-order valence-electron chi connectivity index (χ3n) is 12.7. The van der Waals surface area contributed by atoms with Crippen LogP contribution in [0.5, 0.6) is 0 Å². The maximum absolute atomic E-state index is 13.1. The van der Waals surface area contributed by atoms with Crippen LogP contribution in [-0.2, 0) is 19.2 Å². The summed E-state index contributed by atoms with van der Waals surface area (Å²) in [7, 11) is 0. The summed E-state index contributed by atoms with van der Waals surface area (Å²) in [6.07, 6.45) is 11.9. The van der Waals surface area contributed by atoms with Gasteiger partial charge in [-0.2, -0.15) is 9.36 Å². The molecule has 2 atom stereocenters. The number of aromatic amines is 2. The number of carbonyl (C=O) groups excluding carboxylic acids is 4. The average molecular weight is 1120 g/mol. The minimum absolute atomic E-state index is 0.0454. The van der Waals surface area contributed by atoms with Crippen LogP contribution in [0.2, 0.25) is 20.4 Å². The number of rotatable bonds is 16. The molecule has 0 radical (unpaired) electrons. The Morgan fingerprint density at radius 3 is 1.34 bits per heavy atom. The van der Waals surface area contributed by atoms with E-state index in [0.717, 1.165) is 41.5 Å². The zero-order valence-electron chi connectivity index (χ0n) is 41.6. The number of amides is 4. The van der Waals surface area contributed by atoms with Crippen molar-refractivity contribution in [3.05, 3.63) is 164 Å². The fourth-order valence-electron chi connectivity index (χ4n) is 8.49. The number of tetrazole rings is 2. The molecule has 4 amide bonds. The van der Waals surface area contributed by atoms with E-state index in [9.17, 15) is 19.2 Å². The topological polar surface area (TPSA) is 243 Å². The molecule has 10 rings (SSSR count). The van der Waals surface area contributed by atoms with E-state index in [1.165, 1.54) is 34.2 Å². The predicted octanol–water partition coefficient (Wildman–Crippen LogP) is 8.71. The number of aryl methyl sites for hydroxylation is 2. The Hall–Kier alpha value is -8.04. The lowest BCUT2D eigenvalue weighted by Gasteiger charge is -2.32. The number of carbonyl (C=O) groups is 4. The molecule has 6 heterocycles. The molecule has 2 aliphatic heterocycles. The lowest BCUT2D eigenvalue weighted by atomic mass is 10.1. The first-order valence-corrected chi connectivity index (χ1v) is 26.0. The number of imidazole rings is 2. The van der Waals surface area contributed by atoms with Crippen molar-refractivity contribution in [1.29, 1.82) is 0 Å². The van der Waals surface area contributed by atoms with Gasteiger partial charge in [-0.05, 0) is 103 Å². The first-order valence-electron chi connectivity index (χ1n) is 24.5. The van der Waals surface area contributed by atoms with Crippen LogP contribution in [-0.4, -0.2) is 120 Å². The normalized spacial score (nSPS) is 14.1. The van der Waals surface area contributed by atoms with Crippen LogP contribution in [0.25, 0.3) is 46.0 Å². The molecule has 2 aliphatic rings. The number of nitrogens with zero attached hydrogens (tertiary/aromatic N) is 12. The maximum atomic E-state index is 13.1. The van der Waals surface area contributed by atoms with Crippen molar-refractivity contribution in [2.24, 2.45) is 0 Å². The quantitative estimate of drug-likeness (QED) is 0.0664. The highest BCUT2D eigenvalue weighted by Gasteiger charge is 2.29. The van der Waals surface area contributed by atoms with Gasteiger partial charge in [0.2, 0.25) is 23.6 Å². The number of benzene rings is 4. The standard InChI is InChI=1S/C27H26Cl2N8O2.C26H24Cl2N8O2/c1-17-4-6-18(7-5-17)25-26(29)33-27(32-25)21(15-24(39)36-12-2-3-13-36)31-23(38)11-8-19-14-20(28)9-10-22(19)37-16-30-34-35-37;1-16-3-5-17(6-4-16)24-25(28)32-26(31-24)20(14-23(38)35-11-2-12-35)30-22(37)10-7-18-13-19(27)8-9-21(18)36-15-29-33-34-36/h4-11,14,16,21H,2-3,12-13,15H2,1H3,(H,31,38)(H,32,33);3-10,13,15,20H,2,11-12,14H2,1H3,(H,30,37)(H,31,32)/b11-8+;10-7+/t21-;20-/m00/s1. The van der Waals surface area contributed by atoms with Gasteiger partial charge in [0.05, 0.1) is 36.3 Å². The number of aromatic nitrogens is 12. The molecule has 20 nitrogen and oxygen atoms in total. The van der Waals surface area contributed by atoms with Crippen LogP contribution in [0.3, 0.4) is 0 Å². The second kappa shape index (κ2) is 24.7. The Bertz CT molecular complexity index is 3420. The average Bonchev–Trinajstić information content (AvgIpc) is 4.27. The van der Waals surface area contributed by atoms with Crippen LogP contribution in [0.1, 0.15) is 78.1 Å². The zero-order valence-corrected chi connectivity index (χ0v) is 44.6. The molecular weight excluding hydrogens is 1070 g/mol. The summed E-state index contributed by atoms with van der Waals surface area (Å²) < 4.78 is 2.95. The van der Waals surface area contributed by atoms with E-state index in [4.69, 9.17) is 46.4 Å². The monoisotopic (exact) mass is 1110 g/mol. The Morgan fingerprint density at radius 1 is 0.571 bits per heavy atom. The van der Waals surface area contributed by atoms with Gasteiger partial charge < -0.3 is 30.4 Å². The van der Waals surface area contributed by atoms with E-state index in [1.54, 1.807) is 53.5 Å². The lowest BCUT2D eigenvalue weighted by molar-refractivity contribution is -0.135. The molecule has 24 heteroatoms. The van der Waals surface area contributed by atoms with E-state index < -0.39 is 23.9 Å².